The van der Waals surface area contributed by atoms with Crippen molar-refractivity contribution in [2.75, 3.05) is 10.0 Å². The standard InChI is InChI=1S/C17H18ClN5O5S/c1-10-4-2-3-5-13(10)22-29(27,28)12-8-6-11(7-9-12)19-17(24)15-14(18)16(21-20-15)23(25)26/h2-9,14-16,20-22H,1H3,(H,19,24). The van der Waals surface area contributed by atoms with Crippen molar-refractivity contribution in [2.24, 2.45) is 0 Å². The molecule has 1 amide bonds. The number of para-hydroxylation sites is 1. The normalized spacial score (nSPS) is 21.5. The van der Waals surface area contributed by atoms with Crippen LogP contribution in [-0.2, 0) is 14.8 Å². The van der Waals surface area contributed by atoms with E-state index in [1.807, 2.05) is 0 Å². The van der Waals surface area contributed by atoms with Crippen LogP contribution in [0.2, 0.25) is 0 Å². The third-order valence-electron chi connectivity index (χ3n) is 4.34. The molecule has 1 aliphatic rings. The third kappa shape index (κ3) is 4.65. The molecule has 3 unspecified atom stereocenters. The van der Waals surface area contributed by atoms with Gasteiger partial charge in [-0.15, -0.1) is 11.6 Å². The van der Waals surface area contributed by atoms with Gasteiger partial charge in [-0.2, -0.15) is 5.43 Å². The Balaban J connectivity index is 1.68. The number of sulfonamides is 1. The Morgan fingerprint density at radius 1 is 1.14 bits per heavy atom. The summed E-state index contributed by atoms with van der Waals surface area (Å²) in [7, 11) is -3.80. The molecule has 29 heavy (non-hydrogen) atoms. The van der Waals surface area contributed by atoms with Crippen LogP contribution in [0.15, 0.2) is 53.4 Å². The van der Waals surface area contributed by atoms with Crippen LogP contribution in [0.4, 0.5) is 11.4 Å². The van der Waals surface area contributed by atoms with Crippen LogP contribution in [0.3, 0.4) is 0 Å². The second-order valence-electron chi connectivity index (χ2n) is 6.38. The van der Waals surface area contributed by atoms with Gasteiger partial charge in [0.05, 0.1) is 10.6 Å². The summed E-state index contributed by atoms with van der Waals surface area (Å²) in [5, 5.41) is 12.3. The second kappa shape index (κ2) is 8.33. The predicted octanol–water partition coefficient (Wildman–Crippen LogP) is 1.42. The average molecular weight is 440 g/mol. The van der Waals surface area contributed by atoms with Gasteiger partial charge < -0.3 is 5.32 Å². The smallest absolute Gasteiger partial charge is 0.296 e. The zero-order valence-corrected chi connectivity index (χ0v) is 16.7. The first kappa shape index (κ1) is 21.0. The summed E-state index contributed by atoms with van der Waals surface area (Å²) in [4.78, 5) is 22.5. The molecule has 1 saturated heterocycles. The second-order valence-corrected chi connectivity index (χ2v) is 8.56. The fourth-order valence-electron chi connectivity index (χ4n) is 2.72. The maximum atomic E-state index is 12.5. The molecule has 1 fully saturated rings. The minimum absolute atomic E-state index is 0.0167. The van der Waals surface area contributed by atoms with E-state index in [2.05, 4.69) is 20.9 Å². The molecule has 4 N–H and O–H groups in total. The highest BCUT2D eigenvalue weighted by Gasteiger charge is 2.45. The van der Waals surface area contributed by atoms with Crippen LogP contribution in [0.25, 0.3) is 0 Å². The Bertz CT molecular complexity index is 1030. The third-order valence-corrected chi connectivity index (χ3v) is 6.21. The number of carbonyl (C=O) groups excluding carboxylic acids is 1. The van der Waals surface area contributed by atoms with Crippen molar-refractivity contribution in [3.63, 3.8) is 0 Å². The Kier molecular flexibility index (Phi) is 6.03. The maximum absolute atomic E-state index is 12.5. The molecule has 0 aliphatic carbocycles. The number of aryl methyl sites for hydroxylation is 1. The van der Waals surface area contributed by atoms with Crippen LogP contribution in [-0.4, -0.2) is 36.8 Å². The first-order chi connectivity index (χ1) is 13.7. The van der Waals surface area contributed by atoms with Gasteiger partial charge in [0.1, 0.15) is 11.4 Å². The number of hydrazine groups is 1. The van der Waals surface area contributed by atoms with E-state index in [0.29, 0.717) is 11.4 Å². The van der Waals surface area contributed by atoms with Crippen molar-refractivity contribution in [1.82, 2.24) is 10.9 Å². The molecule has 1 heterocycles. The van der Waals surface area contributed by atoms with E-state index >= 15 is 0 Å². The van der Waals surface area contributed by atoms with Gasteiger partial charge in [-0.3, -0.25) is 19.6 Å². The van der Waals surface area contributed by atoms with Gasteiger partial charge in [0, 0.05) is 10.6 Å². The number of carbonyl (C=O) groups is 1. The Morgan fingerprint density at radius 2 is 1.79 bits per heavy atom. The number of amides is 1. The number of alkyl halides is 1. The number of rotatable bonds is 6. The van der Waals surface area contributed by atoms with Gasteiger partial charge in [-0.1, -0.05) is 18.2 Å². The summed E-state index contributed by atoms with van der Waals surface area (Å²) < 4.78 is 27.6. The molecule has 0 aromatic heterocycles. The first-order valence-electron chi connectivity index (χ1n) is 8.47. The van der Waals surface area contributed by atoms with E-state index in [1.165, 1.54) is 24.3 Å². The fraction of sp³-hybridized carbons (Fsp3) is 0.235. The molecule has 2 aromatic carbocycles. The molecule has 0 radical (unpaired) electrons. The molecule has 3 rings (SSSR count). The van der Waals surface area contributed by atoms with Gasteiger partial charge in [0.25, 0.3) is 16.2 Å². The van der Waals surface area contributed by atoms with Crippen molar-refractivity contribution < 1.29 is 18.1 Å². The van der Waals surface area contributed by atoms with E-state index < -0.39 is 38.4 Å². The lowest BCUT2D eigenvalue weighted by Gasteiger charge is -2.14. The van der Waals surface area contributed by atoms with Crippen LogP contribution in [0.1, 0.15) is 5.56 Å². The lowest BCUT2D eigenvalue weighted by Crippen LogP contribution is -2.42. The van der Waals surface area contributed by atoms with Gasteiger partial charge in [0.2, 0.25) is 5.91 Å². The lowest BCUT2D eigenvalue weighted by atomic mass is 10.2. The molecular formula is C17H18ClN5O5S. The molecule has 0 spiro atoms. The van der Waals surface area contributed by atoms with Crippen molar-refractivity contribution in [2.45, 2.75) is 29.4 Å². The topological polar surface area (TPSA) is 142 Å². The molecule has 3 atom stereocenters. The van der Waals surface area contributed by atoms with Gasteiger partial charge in [-0.05, 0) is 42.8 Å². The highest BCUT2D eigenvalue weighted by Crippen LogP contribution is 2.21. The minimum Gasteiger partial charge on any atom is -0.325 e. The Hall–Kier alpha value is -2.73. The number of anilines is 2. The van der Waals surface area contributed by atoms with Crippen molar-refractivity contribution in [1.29, 1.82) is 0 Å². The van der Waals surface area contributed by atoms with Crippen LogP contribution in [0, 0.1) is 17.0 Å². The van der Waals surface area contributed by atoms with E-state index in [4.69, 9.17) is 11.6 Å². The highest BCUT2D eigenvalue weighted by molar-refractivity contribution is 7.92. The summed E-state index contributed by atoms with van der Waals surface area (Å²) >= 11 is 5.96. The number of nitrogens with one attached hydrogen (secondary N) is 4. The van der Waals surface area contributed by atoms with Crippen molar-refractivity contribution in [3.8, 4) is 0 Å². The molecule has 10 nitrogen and oxygen atoms in total. The van der Waals surface area contributed by atoms with Crippen LogP contribution in [0.5, 0.6) is 0 Å². The molecular weight excluding hydrogens is 422 g/mol. The predicted molar refractivity (Wildman–Crippen MR) is 108 cm³/mol. The van der Waals surface area contributed by atoms with Crippen LogP contribution >= 0.6 is 11.6 Å². The molecule has 154 valence electrons. The Labute approximate surface area is 171 Å². The van der Waals surface area contributed by atoms with E-state index in [-0.39, 0.29) is 4.90 Å². The number of hydrogen-bond acceptors (Lipinski definition) is 7. The largest absolute Gasteiger partial charge is 0.325 e. The zero-order chi connectivity index (χ0) is 21.2. The number of halogens is 1. The van der Waals surface area contributed by atoms with Crippen molar-refractivity contribution in [3.05, 3.63) is 64.2 Å². The number of hydrogen-bond donors (Lipinski definition) is 4. The lowest BCUT2D eigenvalue weighted by molar-refractivity contribution is -0.525. The number of benzene rings is 2. The van der Waals surface area contributed by atoms with E-state index in [0.717, 1.165) is 5.56 Å². The monoisotopic (exact) mass is 439 g/mol. The summed E-state index contributed by atoms with van der Waals surface area (Å²) in [5.74, 6) is -0.588. The number of nitrogens with zero attached hydrogens (tertiary/aromatic N) is 1. The van der Waals surface area contributed by atoms with Gasteiger partial charge in [-0.25, -0.2) is 13.8 Å². The van der Waals surface area contributed by atoms with E-state index in [9.17, 15) is 23.3 Å². The summed E-state index contributed by atoms with van der Waals surface area (Å²) in [6, 6.07) is 11.5. The molecule has 0 bridgehead atoms. The summed E-state index contributed by atoms with van der Waals surface area (Å²) in [5.41, 5.74) is 6.40. The van der Waals surface area contributed by atoms with E-state index in [1.54, 1.807) is 31.2 Å². The molecule has 12 heteroatoms. The highest BCUT2D eigenvalue weighted by atomic mass is 35.5. The molecule has 0 saturated carbocycles. The average Bonchev–Trinajstić information content (AvgIpc) is 3.06. The first-order valence-corrected chi connectivity index (χ1v) is 10.4. The molecule has 2 aromatic rings. The summed E-state index contributed by atoms with van der Waals surface area (Å²) in [6.07, 6.45) is -1.30. The SMILES string of the molecule is Cc1ccccc1NS(=O)(=O)c1ccc(NC(=O)C2NNC([N+](=O)[O-])C2Cl)cc1. The summed E-state index contributed by atoms with van der Waals surface area (Å²) in [6.45, 7) is 1.79. The number of nitro groups is 1. The van der Waals surface area contributed by atoms with Gasteiger partial charge in [0.15, 0.2) is 0 Å². The van der Waals surface area contributed by atoms with Crippen molar-refractivity contribution >= 4 is 38.9 Å². The maximum Gasteiger partial charge on any atom is 0.296 e. The quantitative estimate of drug-likeness (QED) is 0.303. The molecule has 1 aliphatic heterocycles. The fourth-order valence-corrected chi connectivity index (χ4v) is 4.19. The van der Waals surface area contributed by atoms with Gasteiger partial charge >= 0.3 is 0 Å². The minimum atomic E-state index is -3.80. The Morgan fingerprint density at radius 3 is 2.38 bits per heavy atom. The zero-order valence-electron chi connectivity index (χ0n) is 15.1. The van der Waals surface area contributed by atoms with Crippen LogP contribution < -0.4 is 20.9 Å².